The summed E-state index contributed by atoms with van der Waals surface area (Å²) >= 11 is 1.63. The second kappa shape index (κ2) is 9.48. The molecule has 0 radical (unpaired) electrons. The highest BCUT2D eigenvalue weighted by molar-refractivity contribution is 8.02. The van der Waals surface area contributed by atoms with Gasteiger partial charge in [0.05, 0.1) is 29.2 Å². The van der Waals surface area contributed by atoms with Crippen LogP contribution in [0.5, 0.6) is 0 Å². The van der Waals surface area contributed by atoms with E-state index in [-0.39, 0.29) is 24.3 Å². The van der Waals surface area contributed by atoms with Crippen LogP contribution in [-0.2, 0) is 20.8 Å². The zero-order valence-electron chi connectivity index (χ0n) is 21.8. The molecule has 3 saturated heterocycles. The molecule has 2 bridgehead atoms. The van der Waals surface area contributed by atoms with Crippen LogP contribution in [0.4, 0.5) is 5.69 Å². The van der Waals surface area contributed by atoms with E-state index in [2.05, 4.69) is 17.6 Å². The summed E-state index contributed by atoms with van der Waals surface area (Å²) < 4.78 is -1.15. The fourth-order valence-corrected chi connectivity index (χ4v) is 9.16. The minimum Gasteiger partial charge on any atom is -0.394 e. The van der Waals surface area contributed by atoms with Crippen molar-refractivity contribution in [3.63, 3.8) is 0 Å². The Hall–Kier alpha value is -2.84. The average molecular weight is 522 g/mol. The standard InChI is InChI=1S/C29H35N3O4S/c1-17-10-11-18(2)21(14-17)31-26(35)24-29-13-12-28(3,37-29)22(25(34)30-4)23(29)27(36)32(24)20(16-33)15-19-8-6-5-7-9-19/h5-11,14,20,22-24,33H,12-13,15-16H2,1-4H3,(H,30,34)(H,31,35)/t20-,22+,23+,24?,28-,29?/m1/s1. The van der Waals surface area contributed by atoms with E-state index in [0.717, 1.165) is 23.1 Å². The van der Waals surface area contributed by atoms with Gasteiger partial charge < -0.3 is 20.6 Å². The molecular weight excluding hydrogens is 486 g/mol. The van der Waals surface area contributed by atoms with Gasteiger partial charge in [-0.05, 0) is 62.8 Å². The van der Waals surface area contributed by atoms with Crippen molar-refractivity contribution < 1.29 is 19.5 Å². The molecule has 1 spiro atoms. The number of hydrogen-bond donors (Lipinski definition) is 3. The summed E-state index contributed by atoms with van der Waals surface area (Å²) in [5, 5.41) is 16.4. The Morgan fingerprint density at radius 1 is 1.14 bits per heavy atom. The van der Waals surface area contributed by atoms with E-state index in [1.54, 1.807) is 23.7 Å². The van der Waals surface area contributed by atoms with Crippen molar-refractivity contribution in [1.29, 1.82) is 0 Å². The number of aliphatic hydroxyl groups is 1. The van der Waals surface area contributed by atoms with Gasteiger partial charge in [-0.25, -0.2) is 0 Å². The van der Waals surface area contributed by atoms with Gasteiger partial charge in [0.15, 0.2) is 0 Å². The van der Waals surface area contributed by atoms with Gasteiger partial charge in [0, 0.05) is 17.5 Å². The third kappa shape index (κ3) is 4.05. The highest BCUT2D eigenvalue weighted by Gasteiger charge is 2.77. The van der Waals surface area contributed by atoms with Crippen LogP contribution in [-0.4, -0.2) is 63.0 Å². The summed E-state index contributed by atoms with van der Waals surface area (Å²) in [5.74, 6) is -1.77. The predicted octanol–water partition coefficient (Wildman–Crippen LogP) is 3.07. The number of benzene rings is 2. The molecule has 196 valence electrons. The summed E-state index contributed by atoms with van der Waals surface area (Å²) in [6.07, 6.45) is 1.84. The van der Waals surface area contributed by atoms with E-state index in [1.165, 1.54) is 0 Å². The van der Waals surface area contributed by atoms with Crippen LogP contribution in [0.1, 0.15) is 36.5 Å². The molecule has 3 amide bonds. The predicted molar refractivity (Wildman–Crippen MR) is 145 cm³/mol. The van der Waals surface area contributed by atoms with E-state index in [9.17, 15) is 19.5 Å². The number of hydrogen-bond acceptors (Lipinski definition) is 5. The third-order valence-corrected chi connectivity index (χ3v) is 10.5. The Balaban J connectivity index is 1.59. The number of thioether (sulfide) groups is 1. The van der Waals surface area contributed by atoms with Crippen molar-refractivity contribution in [1.82, 2.24) is 10.2 Å². The molecule has 7 nitrogen and oxygen atoms in total. The zero-order valence-corrected chi connectivity index (χ0v) is 22.6. The molecule has 2 unspecified atom stereocenters. The lowest BCUT2D eigenvalue weighted by Gasteiger charge is -2.37. The lowest BCUT2D eigenvalue weighted by Crippen LogP contribution is -2.55. The van der Waals surface area contributed by atoms with Gasteiger partial charge in [-0.2, -0.15) is 0 Å². The molecule has 0 saturated carbocycles. The molecule has 3 fully saturated rings. The Bertz CT molecular complexity index is 1240. The number of rotatable bonds is 7. The van der Waals surface area contributed by atoms with Gasteiger partial charge in [0.1, 0.15) is 6.04 Å². The first kappa shape index (κ1) is 25.8. The first-order valence-corrected chi connectivity index (χ1v) is 13.7. The molecule has 3 heterocycles. The molecule has 6 atom stereocenters. The number of fused-ring (bicyclic) bond motifs is 1. The van der Waals surface area contributed by atoms with E-state index in [4.69, 9.17) is 0 Å². The molecule has 2 aromatic carbocycles. The molecule has 2 aromatic rings. The Morgan fingerprint density at radius 2 is 1.86 bits per heavy atom. The maximum Gasteiger partial charge on any atom is 0.248 e. The third-order valence-electron chi connectivity index (χ3n) is 8.56. The van der Waals surface area contributed by atoms with Gasteiger partial charge >= 0.3 is 0 Å². The molecular formula is C29H35N3O4S. The minimum absolute atomic E-state index is 0.158. The van der Waals surface area contributed by atoms with E-state index in [1.807, 2.05) is 62.4 Å². The molecule has 3 N–H and O–H groups in total. The highest BCUT2D eigenvalue weighted by Crippen LogP contribution is 2.71. The summed E-state index contributed by atoms with van der Waals surface area (Å²) in [6.45, 7) is 5.69. The van der Waals surface area contributed by atoms with Crippen LogP contribution >= 0.6 is 11.8 Å². The van der Waals surface area contributed by atoms with Crippen molar-refractivity contribution in [2.75, 3.05) is 19.0 Å². The second-order valence-electron chi connectivity index (χ2n) is 10.9. The van der Waals surface area contributed by atoms with Crippen molar-refractivity contribution in [2.24, 2.45) is 11.8 Å². The average Bonchev–Trinajstić information content (AvgIpc) is 3.45. The minimum atomic E-state index is -0.799. The first-order chi connectivity index (χ1) is 17.6. The lowest BCUT2D eigenvalue weighted by molar-refractivity contribution is -0.142. The molecule has 0 aliphatic carbocycles. The monoisotopic (exact) mass is 521 g/mol. The normalized spacial score (nSPS) is 30.8. The summed E-state index contributed by atoms with van der Waals surface area (Å²) in [5.41, 5.74) is 3.65. The summed E-state index contributed by atoms with van der Waals surface area (Å²) in [6, 6.07) is 14.2. The fourth-order valence-electron chi connectivity index (χ4n) is 6.82. The first-order valence-electron chi connectivity index (χ1n) is 12.9. The fraction of sp³-hybridized carbons (Fsp3) is 0.483. The number of amides is 3. The highest BCUT2D eigenvalue weighted by atomic mass is 32.2. The van der Waals surface area contributed by atoms with E-state index >= 15 is 0 Å². The largest absolute Gasteiger partial charge is 0.394 e. The maximum atomic E-state index is 14.3. The lowest BCUT2D eigenvalue weighted by atomic mass is 9.66. The molecule has 5 rings (SSSR count). The van der Waals surface area contributed by atoms with Crippen LogP contribution < -0.4 is 10.6 Å². The van der Waals surface area contributed by atoms with Crippen molar-refractivity contribution in [3.05, 3.63) is 65.2 Å². The number of nitrogens with one attached hydrogen (secondary N) is 2. The number of carbonyl (C=O) groups is 3. The van der Waals surface area contributed by atoms with Crippen LogP contribution in [0.3, 0.4) is 0 Å². The molecule has 0 aromatic heterocycles. The van der Waals surface area contributed by atoms with Crippen LogP contribution in [0.2, 0.25) is 0 Å². The van der Waals surface area contributed by atoms with Crippen LogP contribution in [0.25, 0.3) is 0 Å². The summed E-state index contributed by atoms with van der Waals surface area (Å²) in [7, 11) is 1.60. The summed E-state index contributed by atoms with van der Waals surface area (Å²) in [4.78, 5) is 43.2. The second-order valence-corrected chi connectivity index (χ2v) is 12.8. The van der Waals surface area contributed by atoms with Crippen LogP contribution in [0, 0.1) is 25.7 Å². The Labute approximate surface area is 222 Å². The van der Waals surface area contributed by atoms with Gasteiger partial charge in [-0.15, -0.1) is 11.8 Å². The van der Waals surface area contributed by atoms with E-state index < -0.39 is 33.4 Å². The van der Waals surface area contributed by atoms with Gasteiger partial charge in [0.2, 0.25) is 17.7 Å². The smallest absolute Gasteiger partial charge is 0.248 e. The van der Waals surface area contributed by atoms with Crippen molar-refractivity contribution >= 4 is 35.2 Å². The molecule has 3 aliphatic rings. The number of aryl methyl sites for hydroxylation is 2. The van der Waals surface area contributed by atoms with Crippen molar-refractivity contribution in [2.45, 2.75) is 61.6 Å². The molecule has 8 heteroatoms. The number of anilines is 1. The van der Waals surface area contributed by atoms with Gasteiger partial charge in [-0.1, -0.05) is 42.5 Å². The SMILES string of the molecule is CNC(=O)[C@@H]1[C@H]2C(=O)N([C@@H](CO)Cc3ccccc3)C(C(=O)Nc3cc(C)ccc3C)C23CC[C@@]1(C)S3. The Morgan fingerprint density at radius 3 is 2.54 bits per heavy atom. The quantitative estimate of drug-likeness (QED) is 0.520. The van der Waals surface area contributed by atoms with Crippen LogP contribution in [0.15, 0.2) is 48.5 Å². The van der Waals surface area contributed by atoms with Crippen molar-refractivity contribution in [3.8, 4) is 0 Å². The number of carbonyl (C=O) groups excluding carboxylic acids is 3. The number of aliphatic hydroxyl groups excluding tert-OH is 1. The molecule has 3 aliphatic heterocycles. The topological polar surface area (TPSA) is 98.7 Å². The van der Waals surface area contributed by atoms with Gasteiger partial charge in [-0.3, -0.25) is 14.4 Å². The Kier molecular flexibility index (Phi) is 6.61. The zero-order chi connectivity index (χ0) is 26.5. The number of nitrogens with zero attached hydrogens (tertiary/aromatic N) is 1. The maximum absolute atomic E-state index is 14.3. The van der Waals surface area contributed by atoms with E-state index in [0.29, 0.717) is 18.5 Å². The number of likely N-dealkylation sites (tertiary alicyclic amines) is 1. The molecule has 37 heavy (non-hydrogen) atoms. The van der Waals surface area contributed by atoms with Gasteiger partial charge in [0.25, 0.3) is 0 Å².